The highest BCUT2D eigenvalue weighted by molar-refractivity contribution is 5.59. The van der Waals surface area contributed by atoms with E-state index in [0.717, 1.165) is 29.8 Å². The first-order chi connectivity index (χ1) is 9.13. The molecule has 19 heavy (non-hydrogen) atoms. The van der Waals surface area contributed by atoms with Gasteiger partial charge in [-0.25, -0.2) is 0 Å². The minimum Gasteiger partial charge on any atom is -0.507 e. The third-order valence-electron chi connectivity index (χ3n) is 3.60. The van der Waals surface area contributed by atoms with Crippen LogP contribution in [0.2, 0.25) is 0 Å². The quantitative estimate of drug-likeness (QED) is 0.858. The molecule has 0 amide bonds. The normalized spacial score (nSPS) is 10.5. The van der Waals surface area contributed by atoms with Crippen LogP contribution in [0.1, 0.15) is 29.2 Å². The van der Waals surface area contributed by atoms with Crippen LogP contribution in [0.5, 0.6) is 5.75 Å². The van der Waals surface area contributed by atoms with E-state index in [4.69, 9.17) is 0 Å². The minimum atomic E-state index is 0.383. The van der Waals surface area contributed by atoms with Crippen LogP contribution in [0.15, 0.2) is 36.4 Å². The smallest absolute Gasteiger partial charge is 0.123 e. The van der Waals surface area contributed by atoms with Crippen molar-refractivity contribution in [2.75, 3.05) is 5.32 Å². The number of anilines is 1. The summed E-state index contributed by atoms with van der Waals surface area (Å²) in [6.07, 6.45) is 1.04. The minimum absolute atomic E-state index is 0.383. The summed E-state index contributed by atoms with van der Waals surface area (Å²) in [6, 6.07) is 12.4. The van der Waals surface area contributed by atoms with Crippen molar-refractivity contribution >= 4 is 5.69 Å². The highest BCUT2D eigenvalue weighted by Crippen LogP contribution is 2.28. The second-order valence-electron chi connectivity index (χ2n) is 4.88. The molecule has 0 saturated heterocycles. The van der Waals surface area contributed by atoms with E-state index in [2.05, 4.69) is 36.5 Å². The van der Waals surface area contributed by atoms with Crippen LogP contribution in [-0.2, 0) is 13.0 Å². The van der Waals surface area contributed by atoms with Crippen molar-refractivity contribution in [3.8, 4) is 5.75 Å². The van der Waals surface area contributed by atoms with E-state index >= 15 is 0 Å². The van der Waals surface area contributed by atoms with Gasteiger partial charge in [-0.3, -0.25) is 0 Å². The predicted octanol–water partition coefficient (Wildman–Crippen LogP) is 4.18. The molecule has 0 aliphatic carbocycles. The Bertz CT molecular complexity index is 575. The number of nitrogens with one attached hydrogen (secondary N) is 1. The van der Waals surface area contributed by atoms with Gasteiger partial charge in [-0.1, -0.05) is 37.3 Å². The average molecular weight is 255 g/mol. The first kappa shape index (κ1) is 13.5. The zero-order chi connectivity index (χ0) is 13.8. The lowest BCUT2D eigenvalue weighted by atomic mass is 10.0. The molecule has 100 valence electrons. The van der Waals surface area contributed by atoms with Gasteiger partial charge in [0.1, 0.15) is 5.75 Å². The molecule has 0 unspecified atom stereocenters. The van der Waals surface area contributed by atoms with Gasteiger partial charge in [-0.15, -0.1) is 0 Å². The van der Waals surface area contributed by atoms with E-state index in [1.54, 1.807) is 0 Å². The molecule has 2 aromatic carbocycles. The molecule has 0 heterocycles. The number of hydrogen-bond acceptors (Lipinski definition) is 2. The van der Waals surface area contributed by atoms with Crippen molar-refractivity contribution in [2.45, 2.75) is 33.7 Å². The zero-order valence-corrected chi connectivity index (χ0v) is 11.8. The van der Waals surface area contributed by atoms with Crippen molar-refractivity contribution < 1.29 is 5.11 Å². The Morgan fingerprint density at radius 2 is 1.68 bits per heavy atom. The Morgan fingerprint density at radius 3 is 2.37 bits per heavy atom. The molecular weight excluding hydrogens is 234 g/mol. The van der Waals surface area contributed by atoms with Crippen LogP contribution < -0.4 is 5.32 Å². The van der Waals surface area contributed by atoms with Crippen LogP contribution >= 0.6 is 0 Å². The SMILES string of the molecule is CCc1ccccc1CNc1ccc(C)c(O)c1C. The molecule has 0 atom stereocenters. The van der Waals surface area contributed by atoms with Gasteiger partial charge < -0.3 is 10.4 Å². The lowest BCUT2D eigenvalue weighted by Crippen LogP contribution is -2.04. The summed E-state index contributed by atoms with van der Waals surface area (Å²) in [5.74, 6) is 0.383. The van der Waals surface area contributed by atoms with Gasteiger partial charge in [0.05, 0.1) is 0 Å². The molecule has 2 N–H and O–H groups in total. The number of phenolic OH excluding ortho intramolecular Hbond substituents is 1. The first-order valence-electron chi connectivity index (χ1n) is 6.73. The summed E-state index contributed by atoms with van der Waals surface area (Å²) in [4.78, 5) is 0. The summed E-state index contributed by atoms with van der Waals surface area (Å²) < 4.78 is 0. The van der Waals surface area contributed by atoms with Crippen molar-refractivity contribution in [3.63, 3.8) is 0 Å². The Hall–Kier alpha value is -1.96. The van der Waals surface area contributed by atoms with Gasteiger partial charge in [0.25, 0.3) is 0 Å². The van der Waals surface area contributed by atoms with E-state index < -0.39 is 0 Å². The fraction of sp³-hybridized carbons (Fsp3) is 0.294. The number of phenols is 1. The largest absolute Gasteiger partial charge is 0.507 e. The van der Waals surface area contributed by atoms with Crippen LogP contribution in [0, 0.1) is 13.8 Å². The molecule has 2 rings (SSSR count). The van der Waals surface area contributed by atoms with E-state index in [1.165, 1.54) is 11.1 Å². The van der Waals surface area contributed by atoms with Crippen molar-refractivity contribution in [3.05, 3.63) is 58.7 Å². The van der Waals surface area contributed by atoms with Gasteiger partial charge in [0.15, 0.2) is 0 Å². The zero-order valence-electron chi connectivity index (χ0n) is 11.8. The summed E-state index contributed by atoms with van der Waals surface area (Å²) in [5.41, 5.74) is 5.49. The third kappa shape index (κ3) is 2.90. The maximum Gasteiger partial charge on any atom is 0.123 e. The standard InChI is InChI=1S/C17H21NO/c1-4-14-7-5-6-8-15(14)11-18-16-10-9-12(2)17(19)13(16)3/h5-10,18-19H,4,11H2,1-3H3. The molecule has 0 saturated carbocycles. The Kier molecular flexibility index (Phi) is 4.10. The highest BCUT2D eigenvalue weighted by atomic mass is 16.3. The van der Waals surface area contributed by atoms with Gasteiger partial charge in [0, 0.05) is 17.8 Å². The van der Waals surface area contributed by atoms with Gasteiger partial charge in [0.2, 0.25) is 0 Å². The summed E-state index contributed by atoms with van der Waals surface area (Å²) in [5, 5.41) is 13.4. The van der Waals surface area contributed by atoms with Crippen molar-refractivity contribution in [1.82, 2.24) is 0 Å². The van der Waals surface area contributed by atoms with Crippen molar-refractivity contribution in [2.24, 2.45) is 0 Å². The Labute approximate surface area is 115 Å². The maximum absolute atomic E-state index is 9.95. The molecule has 2 nitrogen and oxygen atoms in total. The second-order valence-corrected chi connectivity index (χ2v) is 4.88. The fourth-order valence-corrected chi connectivity index (χ4v) is 2.29. The third-order valence-corrected chi connectivity index (χ3v) is 3.60. The van der Waals surface area contributed by atoms with Crippen LogP contribution in [0.4, 0.5) is 5.69 Å². The number of hydrogen-bond donors (Lipinski definition) is 2. The Morgan fingerprint density at radius 1 is 1.00 bits per heavy atom. The van der Waals surface area contributed by atoms with E-state index in [-0.39, 0.29) is 0 Å². The van der Waals surface area contributed by atoms with Crippen LogP contribution in [-0.4, -0.2) is 5.11 Å². The van der Waals surface area contributed by atoms with Gasteiger partial charge >= 0.3 is 0 Å². The number of aryl methyl sites for hydroxylation is 2. The molecule has 0 aliphatic heterocycles. The molecular formula is C17H21NO. The molecule has 0 spiro atoms. The lowest BCUT2D eigenvalue weighted by molar-refractivity contribution is 0.467. The molecule has 0 fully saturated rings. The topological polar surface area (TPSA) is 32.3 Å². The molecule has 0 bridgehead atoms. The van der Waals surface area contributed by atoms with Crippen LogP contribution in [0.3, 0.4) is 0 Å². The fourth-order valence-electron chi connectivity index (χ4n) is 2.29. The Balaban J connectivity index is 2.17. The summed E-state index contributed by atoms with van der Waals surface area (Å²) in [7, 11) is 0. The van der Waals surface area contributed by atoms with E-state index in [1.807, 2.05) is 26.0 Å². The highest BCUT2D eigenvalue weighted by Gasteiger charge is 2.06. The molecule has 0 radical (unpaired) electrons. The molecule has 2 heteroatoms. The molecule has 2 aromatic rings. The van der Waals surface area contributed by atoms with Gasteiger partial charge in [-0.05, 0) is 43.0 Å². The van der Waals surface area contributed by atoms with E-state index in [9.17, 15) is 5.11 Å². The summed E-state index contributed by atoms with van der Waals surface area (Å²) in [6.45, 7) is 6.81. The predicted molar refractivity (Wildman–Crippen MR) is 80.7 cm³/mol. The van der Waals surface area contributed by atoms with Crippen molar-refractivity contribution in [1.29, 1.82) is 0 Å². The monoisotopic (exact) mass is 255 g/mol. The summed E-state index contributed by atoms with van der Waals surface area (Å²) >= 11 is 0. The molecule has 0 aromatic heterocycles. The average Bonchev–Trinajstić information content (AvgIpc) is 2.44. The number of rotatable bonds is 4. The second kappa shape index (κ2) is 5.79. The lowest BCUT2D eigenvalue weighted by Gasteiger charge is -2.14. The van der Waals surface area contributed by atoms with E-state index in [0.29, 0.717) is 5.75 Å². The maximum atomic E-state index is 9.95. The number of aromatic hydroxyl groups is 1. The van der Waals surface area contributed by atoms with Crippen LogP contribution in [0.25, 0.3) is 0 Å². The molecule has 0 aliphatic rings. The first-order valence-corrected chi connectivity index (χ1v) is 6.73. The number of benzene rings is 2. The van der Waals surface area contributed by atoms with Gasteiger partial charge in [-0.2, -0.15) is 0 Å².